The third-order valence-electron chi connectivity index (χ3n) is 4.05. The van der Waals surface area contributed by atoms with Crippen LogP contribution in [-0.4, -0.2) is 49.2 Å². The van der Waals surface area contributed by atoms with Gasteiger partial charge in [0.2, 0.25) is 0 Å². The average molecular weight is 254 g/mol. The molecule has 1 saturated carbocycles. The van der Waals surface area contributed by atoms with Crippen LogP contribution in [0.15, 0.2) is 0 Å². The molecule has 1 N–H and O–H groups in total. The summed E-state index contributed by atoms with van der Waals surface area (Å²) in [5.74, 6) is -0.103. The molecule has 0 radical (unpaired) electrons. The largest absolute Gasteiger partial charge is 0.468 e. The highest BCUT2D eigenvalue weighted by atomic mass is 16.5. The molecule has 0 spiro atoms. The summed E-state index contributed by atoms with van der Waals surface area (Å²) < 4.78 is 4.89. The Morgan fingerprint density at radius 1 is 1.44 bits per heavy atom. The number of likely N-dealkylation sites (tertiary alicyclic amines) is 1. The van der Waals surface area contributed by atoms with Crippen molar-refractivity contribution in [3.8, 4) is 0 Å². The maximum atomic E-state index is 11.7. The molecule has 2 unspecified atom stereocenters. The Kier molecular flexibility index (Phi) is 5.01. The molecule has 0 bridgehead atoms. The van der Waals surface area contributed by atoms with Crippen LogP contribution in [-0.2, 0) is 9.53 Å². The van der Waals surface area contributed by atoms with Gasteiger partial charge in [-0.1, -0.05) is 19.8 Å². The fourth-order valence-electron chi connectivity index (χ4n) is 2.80. The van der Waals surface area contributed by atoms with E-state index in [2.05, 4.69) is 17.1 Å². The first-order chi connectivity index (χ1) is 8.74. The van der Waals surface area contributed by atoms with Gasteiger partial charge in [0, 0.05) is 25.2 Å². The van der Waals surface area contributed by atoms with Crippen LogP contribution >= 0.6 is 0 Å². The maximum Gasteiger partial charge on any atom is 0.322 e. The van der Waals surface area contributed by atoms with Crippen LogP contribution in [0.25, 0.3) is 0 Å². The topological polar surface area (TPSA) is 41.6 Å². The molecule has 18 heavy (non-hydrogen) atoms. The first-order valence-corrected chi connectivity index (χ1v) is 7.32. The summed E-state index contributed by atoms with van der Waals surface area (Å²) in [6.45, 7) is 4.44. The van der Waals surface area contributed by atoms with Crippen molar-refractivity contribution >= 4 is 5.97 Å². The second kappa shape index (κ2) is 6.53. The Bertz CT molecular complexity index is 279. The van der Waals surface area contributed by atoms with E-state index in [1.807, 2.05) is 0 Å². The normalized spacial score (nSPS) is 26.2. The summed E-state index contributed by atoms with van der Waals surface area (Å²) in [5.41, 5.74) is 0. The molecule has 2 aliphatic rings. The molecule has 0 aromatic rings. The summed E-state index contributed by atoms with van der Waals surface area (Å²) in [6, 6.07) is 1.19. The second-order valence-corrected chi connectivity index (χ2v) is 5.60. The van der Waals surface area contributed by atoms with Gasteiger partial charge in [0.1, 0.15) is 6.04 Å². The zero-order valence-electron chi connectivity index (χ0n) is 11.7. The van der Waals surface area contributed by atoms with Crippen molar-refractivity contribution in [2.75, 3.05) is 20.2 Å². The first-order valence-electron chi connectivity index (χ1n) is 7.32. The maximum absolute atomic E-state index is 11.7. The number of methoxy groups -OCH3 is 1. The summed E-state index contributed by atoms with van der Waals surface area (Å²) in [4.78, 5) is 14.3. The summed E-state index contributed by atoms with van der Waals surface area (Å²) in [6.07, 6.45) is 6.98. The lowest BCUT2D eigenvalue weighted by atomic mass is 10.1. The van der Waals surface area contributed by atoms with Crippen molar-refractivity contribution in [1.82, 2.24) is 10.2 Å². The van der Waals surface area contributed by atoms with Crippen LogP contribution in [0, 0.1) is 0 Å². The van der Waals surface area contributed by atoms with E-state index in [-0.39, 0.29) is 12.0 Å². The molecule has 2 rings (SSSR count). The van der Waals surface area contributed by atoms with Crippen molar-refractivity contribution < 1.29 is 9.53 Å². The molecule has 2 atom stereocenters. The molecule has 1 saturated heterocycles. The van der Waals surface area contributed by atoms with Gasteiger partial charge in [0.15, 0.2) is 0 Å². The van der Waals surface area contributed by atoms with E-state index in [0.29, 0.717) is 6.04 Å². The van der Waals surface area contributed by atoms with E-state index in [4.69, 9.17) is 4.74 Å². The molecule has 0 aromatic heterocycles. The molecular weight excluding hydrogens is 228 g/mol. The van der Waals surface area contributed by atoms with Crippen LogP contribution in [0.1, 0.15) is 45.4 Å². The highest BCUT2D eigenvalue weighted by Crippen LogP contribution is 2.29. The number of hydrogen-bond acceptors (Lipinski definition) is 4. The van der Waals surface area contributed by atoms with Gasteiger partial charge in [-0.15, -0.1) is 0 Å². The molecule has 0 amide bonds. The Morgan fingerprint density at radius 2 is 2.22 bits per heavy atom. The van der Waals surface area contributed by atoms with E-state index in [9.17, 15) is 4.79 Å². The van der Waals surface area contributed by atoms with Crippen molar-refractivity contribution in [3.05, 3.63) is 0 Å². The van der Waals surface area contributed by atoms with Gasteiger partial charge in [-0.3, -0.25) is 9.69 Å². The smallest absolute Gasteiger partial charge is 0.322 e. The number of hydrogen-bond donors (Lipinski definition) is 1. The minimum Gasteiger partial charge on any atom is -0.468 e. The van der Waals surface area contributed by atoms with Gasteiger partial charge in [-0.05, 0) is 25.7 Å². The van der Waals surface area contributed by atoms with E-state index in [0.717, 1.165) is 38.3 Å². The molecule has 4 nitrogen and oxygen atoms in total. The Morgan fingerprint density at radius 3 is 2.83 bits per heavy atom. The van der Waals surface area contributed by atoms with Gasteiger partial charge in [-0.25, -0.2) is 0 Å². The number of nitrogens with one attached hydrogen (secondary N) is 1. The SMILES string of the molecule is CCCCC(NC1CCN(C2CC2)C1)C(=O)OC. The van der Waals surface area contributed by atoms with Crippen LogP contribution in [0.3, 0.4) is 0 Å². The van der Waals surface area contributed by atoms with Crippen LogP contribution in [0.4, 0.5) is 0 Å². The molecule has 1 heterocycles. The lowest BCUT2D eigenvalue weighted by Gasteiger charge is -2.21. The number of carbonyl (C=O) groups is 1. The predicted molar refractivity (Wildman–Crippen MR) is 71.5 cm³/mol. The molecule has 1 aliphatic heterocycles. The zero-order valence-corrected chi connectivity index (χ0v) is 11.7. The summed E-state index contributed by atoms with van der Waals surface area (Å²) in [7, 11) is 1.48. The van der Waals surface area contributed by atoms with E-state index < -0.39 is 0 Å². The van der Waals surface area contributed by atoms with E-state index in [1.54, 1.807) is 0 Å². The van der Waals surface area contributed by atoms with Crippen molar-refractivity contribution in [1.29, 1.82) is 0 Å². The monoisotopic (exact) mass is 254 g/mol. The molecule has 104 valence electrons. The number of rotatable bonds is 7. The molecule has 2 fully saturated rings. The number of nitrogens with zero attached hydrogens (tertiary/aromatic N) is 1. The Labute approximate surface area is 110 Å². The van der Waals surface area contributed by atoms with Gasteiger partial charge in [0.25, 0.3) is 0 Å². The number of carbonyl (C=O) groups excluding carboxylic acids is 1. The average Bonchev–Trinajstić information content (AvgIpc) is 3.14. The highest BCUT2D eigenvalue weighted by molar-refractivity contribution is 5.75. The van der Waals surface area contributed by atoms with Gasteiger partial charge in [-0.2, -0.15) is 0 Å². The lowest BCUT2D eigenvalue weighted by molar-refractivity contribution is -0.143. The van der Waals surface area contributed by atoms with E-state index >= 15 is 0 Å². The molecule has 1 aliphatic carbocycles. The number of unbranched alkanes of at least 4 members (excludes halogenated alkanes) is 1. The summed E-state index contributed by atoms with van der Waals surface area (Å²) in [5, 5.41) is 3.50. The second-order valence-electron chi connectivity index (χ2n) is 5.60. The number of esters is 1. The lowest BCUT2D eigenvalue weighted by Crippen LogP contribution is -2.45. The third-order valence-corrected chi connectivity index (χ3v) is 4.05. The van der Waals surface area contributed by atoms with Crippen LogP contribution in [0.5, 0.6) is 0 Å². The molecular formula is C14H26N2O2. The third kappa shape index (κ3) is 3.69. The predicted octanol–water partition coefficient (Wildman–Crippen LogP) is 1.54. The molecule has 4 heteroatoms. The zero-order chi connectivity index (χ0) is 13.0. The van der Waals surface area contributed by atoms with Gasteiger partial charge in [0.05, 0.1) is 7.11 Å². The van der Waals surface area contributed by atoms with E-state index in [1.165, 1.54) is 26.5 Å². The van der Waals surface area contributed by atoms with Gasteiger partial charge < -0.3 is 10.1 Å². The van der Waals surface area contributed by atoms with Crippen molar-refractivity contribution in [2.45, 2.75) is 63.6 Å². The Hall–Kier alpha value is -0.610. The van der Waals surface area contributed by atoms with Gasteiger partial charge >= 0.3 is 5.97 Å². The standard InChI is InChI=1S/C14H26N2O2/c1-3-4-5-13(14(17)18-2)15-11-8-9-16(10-11)12-6-7-12/h11-13,15H,3-10H2,1-2H3. The minimum atomic E-state index is -0.112. The summed E-state index contributed by atoms with van der Waals surface area (Å²) >= 11 is 0. The highest BCUT2D eigenvalue weighted by Gasteiger charge is 2.35. The minimum absolute atomic E-state index is 0.103. The van der Waals surface area contributed by atoms with Crippen molar-refractivity contribution in [2.24, 2.45) is 0 Å². The first kappa shape index (κ1) is 13.8. The fourth-order valence-corrected chi connectivity index (χ4v) is 2.80. The van der Waals surface area contributed by atoms with Crippen molar-refractivity contribution in [3.63, 3.8) is 0 Å². The Balaban J connectivity index is 1.78. The molecule has 0 aromatic carbocycles. The van der Waals surface area contributed by atoms with Crippen LogP contribution < -0.4 is 5.32 Å². The quantitative estimate of drug-likeness (QED) is 0.700. The fraction of sp³-hybridized carbons (Fsp3) is 0.929. The number of ether oxygens (including phenoxy) is 1. The van der Waals surface area contributed by atoms with Crippen LogP contribution in [0.2, 0.25) is 0 Å².